The van der Waals surface area contributed by atoms with E-state index < -0.39 is 11.7 Å². The van der Waals surface area contributed by atoms with Crippen LogP contribution in [-0.2, 0) is 4.74 Å². The van der Waals surface area contributed by atoms with Gasteiger partial charge < -0.3 is 10.1 Å². The molecule has 3 heteroatoms. The number of ether oxygens (including phenoxy) is 1. The SMILES string of the molecule is C=C(C)C(NC(=O)OC(C)(C)C)C(C)(C)C. The van der Waals surface area contributed by atoms with Gasteiger partial charge >= 0.3 is 6.09 Å². The molecule has 0 rings (SSSR count). The molecule has 0 fully saturated rings. The van der Waals surface area contributed by atoms with E-state index in [-0.39, 0.29) is 11.5 Å². The molecule has 1 unspecified atom stereocenters. The Morgan fingerprint density at radius 2 is 1.62 bits per heavy atom. The van der Waals surface area contributed by atoms with Crippen LogP contribution in [0.15, 0.2) is 12.2 Å². The highest BCUT2D eigenvalue weighted by atomic mass is 16.6. The lowest BCUT2D eigenvalue weighted by Crippen LogP contribution is -2.46. The van der Waals surface area contributed by atoms with Crippen LogP contribution >= 0.6 is 0 Å². The summed E-state index contributed by atoms with van der Waals surface area (Å²) in [6, 6.07) is -0.0812. The molecule has 0 radical (unpaired) electrons. The van der Waals surface area contributed by atoms with Gasteiger partial charge in [0.2, 0.25) is 0 Å². The first kappa shape index (κ1) is 15.0. The van der Waals surface area contributed by atoms with Crippen molar-refractivity contribution in [1.29, 1.82) is 0 Å². The van der Waals surface area contributed by atoms with Crippen molar-refractivity contribution in [2.75, 3.05) is 0 Å². The summed E-state index contributed by atoms with van der Waals surface area (Å²) in [6.45, 7) is 17.5. The lowest BCUT2D eigenvalue weighted by Gasteiger charge is -2.32. The molecule has 16 heavy (non-hydrogen) atoms. The Kier molecular flexibility index (Phi) is 4.59. The van der Waals surface area contributed by atoms with Crippen LogP contribution in [0, 0.1) is 5.41 Å². The normalized spacial score (nSPS) is 14.2. The maximum absolute atomic E-state index is 11.6. The van der Waals surface area contributed by atoms with Gasteiger partial charge in [-0.2, -0.15) is 0 Å². The Bertz CT molecular complexity index is 269. The molecule has 0 aromatic heterocycles. The summed E-state index contributed by atoms with van der Waals surface area (Å²) in [5.41, 5.74) is 0.392. The lowest BCUT2D eigenvalue weighted by molar-refractivity contribution is 0.0480. The van der Waals surface area contributed by atoms with Crippen molar-refractivity contribution < 1.29 is 9.53 Å². The highest BCUT2D eigenvalue weighted by Gasteiger charge is 2.28. The summed E-state index contributed by atoms with van der Waals surface area (Å²) in [5, 5.41) is 2.85. The summed E-state index contributed by atoms with van der Waals surface area (Å²) in [4.78, 5) is 11.6. The number of hydrogen-bond donors (Lipinski definition) is 1. The average molecular weight is 227 g/mol. The third-order valence-corrected chi connectivity index (χ3v) is 2.02. The molecule has 0 saturated heterocycles. The first-order valence-corrected chi connectivity index (χ1v) is 5.58. The molecule has 0 bridgehead atoms. The quantitative estimate of drug-likeness (QED) is 0.733. The smallest absolute Gasteiger partial charge is 0.408 e. The molecule has 0 aliphatic rings. The van der Waals surface area contributed by atoms with Crippen LogP contribution in [0.4, 0.5) is 4.79 Å². The lowest BCUT2D eigenvalue weighted by atomic mass is 9.83. The second-order valence-electron chi connectivity index (χ2n) is 6.29. The molecule has 0 aromatic carbocycles. The van der Waals surface area contributed by atoms with Crippen LogP contribution in [-0.4, -0.2) is 17.7 Å². The number of carbonyl (C=O) groups excluding carboxylic acids is 1. The van der Waals surface area contributed by atoms with Crippen molar-refractivity contribution in [3.05, 3.63) is 12.2 Å². The third-order valence-electron chi connectivity index (χ3n) is 2.02. The maximum atomic E-state index is 11.6. The summed E-state index contributed by atoms with van der Waals surface area (Å²) in [6.07, 6.45) is -0.393. The average Bonchev–Trinajstić information content (AvgIpc) is 1.93. The third kappa shape index (κ3) is 5.79. The van der Waals surface area contributed by atoms with Crippen molar-refractivity contribution in [1.82, 2.24) is 5.32 Å². The van der Waals surface area contributed by atoms with Crippen LogP contribution in [0.5, 0.6) is 0 Å². The summed E-state index contributed by atoms with van der Waals surface area (Å²) in [5.74, 6) is 0. The van der Waals surface area contributed by atoms with E-state index in [1.54, 1.807) is 0 Å². The van der Waals surface area contributed by atoms with Crippen molar-refractivity contribution in [3.63, 3.8) is 0 Å². The highest BCUT2D eigenvalue weighted by Crippen LogP contribution is 2.24. The molecular weight excluding hydrogens is 202 g/mol. The van der Waals surface area contributed by atoms with Gasteiger partial charge in [0.05, 0.1) is 6.04 Å². The number of rotatable bonds is 2. The van der Waals surface area contributed by atoms with Gasteiger partial charge in [-0.1, -0.05) is 32.9 Å². The number of alkyl carbamates (subject to hydrolysis) is 1. The van der Waals surface area contributed by atoms with Gasteiger partial charge in [0, 0.05) is 0 Å². The number of amides is 1. The first-order valence-electron chi connectivity index (χ1n) is 5.58. The molecular formula is C13H25NO2. The van der Waals surface area contributed by atoms with Gasteiger partial charge in [-0.3, -0.25) is 0 Å². The standard InChI is InChI=1S/C13H25NO2/c1-9(2)10(12(3,4)5)14-11(15)16-13(6,7)8/h10H,1H2,2-8H3,(H,14,15). The van der Waals surface area contributed by atoms with Crippen molar-refractivity contribution >= 4 is 6.09 Å². The van der Waals surface area contributed by atoms with E-state index in [4.69, 9.17) is 4.74 Å². The highest BCUT2D eigenvalue weighted by molar-refractivity contribution is 5.68. The Hall–Kier alpha value is -0.990. The van der Waals surface area contributed by atoms with Crippen molar-refractivity contribution in [2.24, 2.45) is 5.41 Å². The minimum absolute atomic E-state index is 0.0667. The number of nitrogens with one attached hydrogen (secondary N) is 1. The zero-order chi connectivity index (χ0) is 13.1. The fourth-order valence-electron chi connectivity index (χ4n) is 1.50. The molecule has 0 aliphatic heterocycles. The van der Waals surface area contributed by atoms with E-state index in [1.165, 1.54) is 0 Å². The molecule has 3 nitrogen and oxygen atoms in total. The molecule has 1 amide bonds. The largest absolute Gasteiger partial charge is 0.444 e. The van der Waals surface area contributed by atoms with Crippen molar-refractivity contribution in [2.45, 2.75) is 60.1 Å². The van der Waals surface area contributed by atoms with E-state index in [0.717, 1.165) is 5.57 Å². The monoisotopic (exact) mass is 227 g/mol. The van der Waals surface area contributed by atoms with E-state index in [9.17, 15) is 4.79 Å². The summed E-state index contributed by atoms with van der Waals surface area (Å²) >= 11 is 0. The molecule has 94 valence electrons. The fourth-order valence-corrected chi connectivity index (χ4v) is 1.50. The van der Waals surface area contributed by atoms with Gasteiger partial charge in [0.1, 0.15) is 5.60 Å². The Morgan fingerprint density at radius 3 is 1.88 bits per heavy atom. The summed E-state index contributed by atoms with van der Waals surface area (Å²) < 4.78 is 5.22. The van der Waals surface area contributed by atoms with Crippen LogP contribution in [0.2, 0.25) is 0 Å². The van der Waals surface area contributed by atoms with Gasteiger partial charge in [0.25, 0.3) is 0 Å². The van der Waals surface area contributed by atoms with Gasteiger partial charge in [-0.05, 0) is 33.1 Å². The van der Waals surface area contributed by atoms with E-state index >= 15 is 0 Å². The molecule has 1 atom stereocenters. The fraction of sp³-hybridized carbons (Fsp3) is 0.769. The van der Waals surface area contributed by atoms with Crippen LogP contribution in [0.3, 0.4) is 0 Å². The molecule has 0 spiro atoms. The first-order chi connectivity index (χ1) is 6.93. The van der Waals surface area contributed by atoms with Crippen LogP contribution in [0.1, 0.15) is 48.5 Å². The summed E-state index contributed by atoms with van der Waals surface area (Å²) in [7, 11) is 0. The Balaban J connectivity index is 4.56. The van der Waals surface area contributed by atoms with Gasteiger partial charge in [-0.25, -0.2) is 4.79 Å². The van der Waals surface area contributed by atoms with Crippen LogP contribution < -0.4 is 5.32 Å². The molecule has 0 heterocycles. The topological polar surface area (TPSA) is 38.3 Å². The zero-order valence-corrected chi connectivity index (χ0v) is 11.6. The zero-order valence-electron chi connectivity index (χ0n) is 11.6. The van der Waals surface area contributed by atoms with Crippen LogP contribution in [0.25, 0.3) is 0 Å². The van der Waals surface area contributed by atoms with Crippen molar-refractivity contribution in [3.8, 4) is 0 Å². The van der Waals surface area contributed by atoms with E-state index in [1.807, 2.05) is 27.7 Å². The Morgan fingerprint density at radius 1 is 1.19 bits per heavy atom. The minimum Gasteiger partial charge on any atom is -0.444 e. The minimum atomic E-state index is -0.471. The van der Waals surface area contributed by atoms with E-state index in [2.05, 4.69) is 32.7 Å². The van der Waals surface area contributed by atoms with Gasteiger partial charge in [-0.15, -0.1) is 0 Å². The predicted molar refractivity (Wildman–Crippen MR) is 67.4 cm³/mol. The molecule has 0 aliphatic carbocycles. The molecule has 1 N–H and O–H groups in total. The Labute approximate surface area is 99.3 Å². The van der Waals surface area contributed by atoms with E-state index in [0.29, 0.717) is 0 Å². The molecule has 0 saturated carbocycles. The maximum Gasteiger partial charge on any atom is 0.408 e. The second kappa shape index (κ2) is 4.89. The number of hydrogen-bond acceptors (Lipinski definition) is 2. The second-order valence-corrected chi connectivity index (χ2v) is 6.29. The number of carbonyl (C=O) groups is 1. The molecule has 0 aromatic rings. The predicted octanol–water partition coefficient (Wildman–Crippen LogP) is 3.50. The van der Waals surface area contributed by atoms with Gasteiger partial charge in [0.15, 0.2) is 0 Å².